The highest BCUT2D eigenvalue weighted by Gasteiger charge is 2.17. The summed E-state index contributed by atoms with van der Waals surface area (Å²) in [6, 6.07) is 0. The van der Waals surface area contributed by atoms with Crippen molar-refractivity contribution >= 4 is 12.2 Å². The summed E-state index contributed by atoms with van der Waals surface area (Å²) in [4.78, 5) is 17.0. The average molecular weight is 179 g/mol. The fourth-order valence-corrected chi connectivity index (χ4v) is 1.73. The molecule has 0 spiro atoms. The largest absolute Gasteiger partial charge is 0.342 e. The lowest BCUT2D eigenvalue weighted by atomic mass is 10.4. The Kier molecular flexibility index (Phi) is 2.04. The highest BCUT2D eigenvalue weighted by Crippen LogP contribution is 2.18. The molecular weight excluding hydrogens is 166 g/mol. The molecule has 0 atom stereocenters. The number of imidazole rings is 1. The zero-order valence-corrected chi connectivity index (χ0v) is 7.73. The molecule has 0 bridgehead atoms. The molecule has 0 unspecified atom stereocenters. The number of carbonyl (C=O) groups excluding carboxylic acids is 1. The van der Waals surface area contributed by atoms with E-state index in [1.54, 1.807) is 6.20 Å². The minimum Gasteiger partial charge on any atom is -0.342 e. The van der Waals surface area contributed by atoms with E-state index in [2.05, 4.69) is 9.88 Å². The molecule has 1 aliphatic heterocycles. The van der Waals surface area contributed by atoms with Crippen LogP contribution in [0.15, 0.2) is 6.20 Å². The van der Waals surface area contributed by atoms with Crippen molar-refractivity contribution in [2.75, 3.05) is 18.0 Å². The molecule has 2 heterocycles. The van der Waals surface area contributed by atoms with Gasteiger partial charge < -0.3 is 9.47 Å². The fourth-order valence-electron chi connectivity index (χ4n) is 1.73. The van der Waals surface area contributed by atoms with Gasteiger partial charge in [-0.1, -0.05) is 0 Å². The number of anilines is 1. The van der Waals surface area contributed by atoms with Gasteiger partial charge in [0, 0.05) is 20.1 Å². The molecule has 0 N–H and O–H groups in total. The minimum atomic E-state index is 0.641. The van der Waals surface area contributed by atoms with E-state index < -0.39 is 0 Å². The summed E-state index contributed by atoms with van der Waals surface area (Å²) in [6.07, 6.45) is 4.92. The molecule has 4 heteroatoms. The molecule has 13 heavy (non-hydrogen) atoms. The van der Waals surface area contributed by atoms with Crippen molar-refractivity contribution in [3.63, 3.8) is 0 Å². The van der Waals surface area contributed by atoms with Crippen LogP contribution >= 0.6 is 0 Å². The number of carbonyl (C=O) groups is 1. The van der Waals surface area contributed by atoms with E-state index in [1.807, 2.05) is 11.6 Å². The van der Waals surface area contributed by atoms with Crippen LogP contribution < -0.4 is 4.90 Å². The van der Waals surface area contributed by atoms with Crippen molar-refractivity contribution in [1.29, 1.82) is 0 Å². The normalized spacial score (nSPS) is 16.5. The lowest BCUT2D eigenvalue weighted by Gasteiger charge is -2.16. The quantitative estimate of drug-likeness (QED) is 0.631. The van der Waals surface area contributed by atoms with E-state index in [0.29, 0.717) is 5.69 Å². The topological polar surface area (TPSA) is 38.1 Å². The standard InChI is InChI=1S/C9H13N3O/c1-11-8(7-13)6-10-9(11)12-4-2-3-5-12/h6-7H,2-5H2,1H3. The first-order valence-corrected chi connectivity index (χ1v) is 4.55. The Labute approximate surface area is 77.2 Å². The van der Waals surface area contributed by atoms with E-state index in [-0.39, 0.29) is 0 Å². The van der Waals surface area contributed by atoms with Crippen molar-refractivity contribution in [3.05, 3.63) is 11.9 Å². The molecule has 0 amide bonds. The van der Waals surface area contributed by atoms with Crippen LogP contribution in [-0.2, 0) is 7.05 Å². The van der Waals surface area contributed by atoms with Crippen LogP contribution in [0.5, 0.6) is 0 Å². The van der Waals surface area contributed by atoms with Gasteiger partial charge in [-0.2, -0.15) is 0 Å². The van der Waals surface area contributed by atoms with Crippen molar-refractivity contribution in [2.24, 2.45) is 7.05 Å². The van der Waals surface area contributed by atoms with Crippen LogP contribution in [0.1, 0.15) is 23.3 Å². The molecule has 1 aromatic rings. The van der Waals surface area contributed by atoms with Crippen LogP contribution in [0, 0.1) is 0 Å². The van der Waals surface area contributed by atoms with Gasteiger partial charge in [0.05, 0.1) is 6.20 Å². The zero-order valence-electron chi connectivity index (χ0n) is 7.73. The van der Waals surface area contributed by atoms with E-state index in [4.69, 9.17) is 0 Å². The van der Waals surface area contributed by atoms with E-state index in [1.165, 1.54) is 12.8 Å². The second-order valence-corrected chi connectivity index (χ2v) is 3.35. The first-order chi connectivity index (χ1) is 6.33. The third-order valence-electron chi connectivity index (χ3n) is 2.51. The lowest BCUT2D eigenvalue weighted by Crippen LogP contribution is -2.21. The van der Waals surface area contributed by atoms with Crippen LogP contribution in [0.3, 0.4) is 0 Å². The second-order valence-electron chi connectivity index (χ2n) is 3.35. The molecule has 4 nitrogen and oxygen atoms in total. The van der Waals surface area contributed by atoms with Crippen LogP contribution in [0.25, 0.3) is 0 Å². The molecule has 0 radical (unpaired) electrons. The van der Waals surface area contributed by atoms with Crippen molar-refractivity contribution in [3.8, 4) is 0 Å². The van der Waals surface area contributed by atoms with Gasteiger partial charge in [-0.3, -0.25) is 4.79 Å². The second kappa shape index (κ2) is 3.20. The van der Waals surface area contributed by atoms with E-state index in [9.17, 15) is 4.79 Å². The predicted octanol–water partition coefficient (Wildman–Crippen LogP) is 0.833. The Morgan fingerprint density at radius 3 is 2.69 bits per heavy atom. The Bertz CT molecular complexity index is 313. The highest BCUT2D eigenvalue weighted by molar-refractivity contribution is 5.73. The van der Waals surface area contributed by atoms with Gasteiger partial charge in [0.1, 0.15) is 5.69 Å². The summed E-state index contributed by atoms with van der Waals surface area (Å²) < 4.78 is 1.85. The lowest BCUT2D eigenvalue weighted by molar-refractivity contribution is 0.111. The Hall–Kier alpha value is -1.32. The predicted molar refractivity (Wildman–Crippen MR) is 50.0 cm³/mol. The first-order valence-electron chi connectivity index (χ1n) is 4.55. The van der Waals surface area contributed by atoms with Crippen molar-refractivity contribution in [2.45, 2.75) is 12.8 Å². The Morgan fingerprint density at radius 1 is 1.46 bits per heavy atom. The Morgan fingerprint density at radius 2 is 2.15 bits per heavy atom. The van der Waals surface area contributed by atoms with Crippen LogP contribution in [0.4, 0.5) is 5.95 Å². The van der Waals surface area contributed by atoms with E-state index >= 15 is 0 Å². The smallest absolute Gasteiger partial charge is 0.205 e. The SMILES string of the molecule is Cn1c(C=O)cnc1N1CCCC1. The molecular formula is C9H13N3O. The van der Waals surface area contributed by atoms with Crippen LogP contribution in [-0.4, -0.2) is 28.9 Å². The maximum Gasteiger partial charge on any atom is 0.205 e. The summed E-state index contributed by atoms with van der Waals surface area (Å²) in [6.45, 7) is 2.12. The molecule has 70 valence electrons. The summed E-state index contributed by atoms with van der Waals surface area (Å²) in [5.74, 6) is 0.916. The Balaban J connectivity index is 2.29. The molecule has 2 rings (SSSR count). The van der Waals surface area contributed by atoms with Crippen molar-refractivity contribution < 1.29 is 4.79 Å². The number of hydrogen-bond acceptors (Lipinski definition) is 3. The summed E-state index contributed by atoms with van der Waals surface area (Å²) >= 11 is 0. The molecule has 1 fully saturated rings. The number of rotatable bonds is 2. The van der Waals surface area contributed by atoms with Gasteiger partial charge >= 0.3 is 0 Å². The average Bonchev–Trinajstić information content (AvgIpc) is 2.72. The third-order valence-corrected chi connectivity index (χ3v) is 2.51. The zero-order chi connectivity index (χ0) is 9.26. The summed E-state index contributed by atoms with van der Waals surface area (Å²) in [5, 5.41) is 0. The number of hydrogen-bond donors (Lipinski definition) is 0. The van der Waals surface area contributed by atoms with Crippen molar-refractivity contribution in [1.82, 2.24) is 9.55 Å². The molecule has 1 saturated heterocycles. The molecule has 0 aromatic carbocycles. The number of nitrogens with zero attached hydrogens (tertiary/aromatic N) is 3. The summed E-state index contributed by atoms with van der Waals surface area (Å²) in [7, 11) is 1.88. The van der Waals surface area contributed by atoms with Crippen LogP contribution in [0.2, 0.25) is 0 Å². The molecule has 1 aromatic heterocycles. The van der Waals surface area contributed by atoms with Gasteiger partial charge in [-0.05, 0) is 12.8 Å². The molecule has 0 saturated carbocycles. The number of aromatic nitrogens is 2. The first kappa shape index (κ1) is 8.29. The van der Waals surface area contributed by atoms with E-state index in [0.717, 1.165) is 25.3 Å². The van der Waals surface area contributed by atoms with Gasteiger partial charge in [0.15, 0.2) is 6.29 Å². The van der Waals surface area contributed by atoms with Gasteiger partial charge in [-0.25, -0.2) is 4.98 Å². The van der Waals surface area contributed by atoms with Gasteiger partial charge in [-0.15, -0.1) is 0 Å². The summed E-state index contributed by atoms with van der Waals surface area (Å²) in [5.41, 5.74) is 0.641. The monoisotopic (exact) mass is 179 g/mol. The maximum atomic E-state index is 10.6. The van der Waals surface area contributed by atoms with Gasteiger partial charge in [0.2, 0.25) is 5.95 Å². The third kappa shape index (κ3) is 1.32. The molecule has 1 aliphatic rings. The van der Waals surface area contributed by atoms with Gasteiger partial charge in [0.25, 0.3) is 0 Å². The maximum absolute atomic E-state index is 10.6. The molecule has 0 aliphatic carbocycles. The number of aldehydes is 1. The minimum absolute atomic E-state index is 0.641. The fraction of sp³-hybridized carbons (Fsp3) is 0.556. The highest BCUT2D eigenvalue weighted by atomic mass is 16.1.